The van der Waals surface area contributed by atoms with Crippen LogP contribution in [0.25, 0.3) is 5.69 Å². The van der Waals surface area contributed by atoms with Crippen LogP contribution in [0.2, 0.25) is 0 Å². The number of aliphatic carboxylic acids is 1. The first-order valence-corrected chi connectivity index (χ1v) is 11.1. The van der Waals surface area contributed by atoms with E-state index in [1.54, 1.807) is 0 Å². The highest BCUT2D eigenvalue weighted by Crippen LogP contribution is 2.21. The molecule has 0 saturated carbocycles. The quantitative estimate of drug-likeness (QED) is 0.367. The van der Waals surface area contributed by atoms with Gasteiger partial charge in [-0.25, -0.2) is 9.18 Å². The lowest BCUT2D eigenvalue weighted by molar-refractivity contribution is -0.142. The van der Waals surface area contributed by atoms with Crippen LogP contribution < -0.4 is 21.3 Å². The van der Waals surface area contributed by atoms with Gasteiger partial charge in [-0.15, -0.1) is 0 Å². The van der Waals surface area contributed by atoms with Crippen LogP contribution in [0.5, 0.6) is 5.75 Å². The summed E-state index contributed by atoms with van der Waals surface area (Å²) in [5, 5.41) is 11.7. The number of nitrogen functional groups attached to an aromatic ring is 1. The van der Waals surface area contributed by atoms with Crippen molar-refractivity contribution in [2.24, 2.45) is 5.92 Å². The molecule has 1 atom stereocenters. The molecule has 0 radical (unpaired) electrons. The lowest BCUT2D eigenvalue weighted by atomic mass is 10.0. The van der Waals surface area contributed by atoms with Gasteiger partial charge in [0.1, 0.15) is 23.4 Å². The number of anilines is 1. The molecule has 0 bridgehead atoms. The predicted molar refractivity (Wildman–Crippen MR) is 131 cm³/mol. The fourth-order valence-corrected chi connectivity index (χ4v) is 3.54. The Morgan fingerprint density at radius 3 is 2.25 bits per heavy atom. The Kier molecular flexibility index (Phi) is 8.21. The van der Waals surface area contributed by atoms with E-state index in [1.165, 1.54) is 48.5 Å². The number of amides is 1. The average molecular weight is 496 g/mol. The van der Waals surface area contributed by atoms with E-state index < -0.39 is 41.7 Å². The van der Waals surface area contributed by atoms with Crippen molar-refractivity contribution in [1.29, 1.82) is 0 Å². The minimum absolute atomic E-state index is 0.0765. The minimum Gasteiger partial charge on any atom is -0.484 e. The maximum atomic E-state index is 13.2. The molecule has 1 aromatic heterocycles. The van der Waals surface area contributed by atoms with Crippen LogP contribution in [0.3, 0.4) is 0 Å². The van der Waals surface area contributed by atoms with Crippen LogP contribution in [0, 0.1) is 11.7 Å². The van der Waals surface area contributed by atoms with E-state index in [0.717, 1.165) is 16.7 Å². The van der Waals surface area contributed by atoms with Crippen molar-refractivity contribution < 1.29 is 28.6 Å². The Morgan fingerprint density at radius 1 is 1.03 bits per heavy atom. The van der Waals surface area contributed by atoms with Crippen LogP contribution in [-0.4, -0.2) is 40.0 Å². The van der Waals surface area contributed by atoms with Gasteiger partial charge in [0, 0.05) is 11.6 Å². The lowest BCUT2D eigenvalue weighted by Crippen LogP contribution is -2.43. The van der Waals surface area contributed by atoms with Gasteiger partial charge < -0.3 is 20.9 Å². The minimum atomic E-state index is -1.12. The molecular formula is C26H26FN3O6. The molecule has 0 aliphatic carbocycles. The zero-order valence-electron chi connectivity index (χ0n) is 19.7. The van der Waals surface area contributed by atoms with Crippen LogP contribution in [0.15, 0.2) is 65.5 Å². The van der Waals surface area contributed by atoms with Crippen LogP contribution in [0.1, 0.15) is 36.2 Å². The molecule has 0 spiro atoms. The second kappa shape index (κ2) is 11.3. The maximum absolute atomic E-state index is 13.2. The van der Waals surface area contributed by atoms with Gasteiger partial charge in [0.05, 0.1) is 11.3 Å². The van der Waals surface area contributed by atoms with E-state index in [4.69, 9.17) is 10.5 Å². The van der Waals surface area contributed by atoms with Crippen molar-refractivity contribution in [3.05, 3.63) is 88.0 Å². The van der Waals surface area contributed by atoms with Crippen molar-refractivity contribution in [3.63, 3.8) is 0 Å². The third kappa shape index (κ3) is 6.35. The van der Waals surface area contributed by atoms with Gasteiger partial charge in [0.15, 0.2) is 12.4 Å². The standard InChI is InChI=1S/C26H26FN3O6/c1-15(2)13-21(26(34)35)29-22(31)14-36-19-9-7-18(8-10-19)30-23(32)12-11-20(25(30)28)24(33)16-3-5-17(27)6-4-16/h3-12,15,21H,13-14,28H2,1-2H3,(H,29,31)(H,34,35)/t21-/m0/s1. The lowest BCUT2D eigenvalue weighted by Gasteiger charge is -2.17. The van der Waals surface area contributed by atoms with E-state index in [0.29, 0.717) is 11.4 Å². The highest BCUT2D eigenvalue weighted by molar-refractivity contribution is 6.11. The molecule has 4 N–H and O–H groups in total. The molecule has 3 aromatic rings. The molecule has 0 saturated heterocycles. The summed E-state index contributed by atoms with van der Waals surface area (Å²) in [6, 6.07) is 12.5. The molecule has 3 rings (SSSR count). The molecule has 1 heterocycles. The topological polar surface area (TPSA) is 141 Å². The number of nitrogens with one attached hydrogen (secondary N) is 1. The highest BCUT2D eigenvalue weighted by atomic mass is 19.1. The molecular weight excluding hydrogens is 469 g/mol. The number of benzene rings is 2. The average Bonchev–Trinajstić information content (AvgIpc) is 2.83. The van der Waals surface area contributed by atoms with Crippen LogP contribution in [0.4, 0.5) is 10.2 Å². The molecule has 0 aliphatic heterocycles. The monoisotopic (exact) mass is 495 g/mol. The van der Waals surface area contributed by atoms with Gasteiger partial charge in [-0.2, -0.15) is 0 Å². The summed E-state index contributed by atoms with van der Waals surface area (Å²) in [5.41, 5.74) is 6.34. The Hall–Kier alpha value is -4.47. The number of ether oxygens (including phenoxy) is 1. The smallest absolute Gasteiger partial charge is 0.326 e. The summed E-state index contributed by atoms with van der Waals surface area (Å²) in [7, 11) is 0. The van der Waals surface area contributed by atoms with E-state index >= 15 is 0 Å². The first kappa shape index (κ1) is 26.1. The van der Waals surface area contributed by atoms with Crippen molar-refractivity contribution in [1.82, 2.24) is 9.88 Å². The number of hydrogen-bond acceptors (Lipinski definition) is 6. The number of carbonyl (C=O) groups is 3. The second-order valence-electron chi connectivity index (χ2n) is 8.51. The van der Waals surface area contributed by atoms with E-state index in [2.05, 4.69) is 5.32 Å². The number of aromatic nitrogens is 1. The Labute approximate surface area is 206 Å². The molecule has 9 nitrogen and oxygen atoms in total. The summed E-state index contributed by atoms with van der Waals surface area (Å²) < 4.78 is 19.8. The number of ketones is 1. The maximum Gasteiger partial charge on any atom is 0.326 e. The van der Waals surface area contributed by atoms with Gasteiger partial charge in [-0.05, 0) is 66.9 Å². The zero-order chi connectivity index (χ0) is 26.4. The predicted octanol–water partition coefficient (Wildman–Crippen LogP) is 2.78. The number of hydrogen-bond donors (Lipinski definition) is 3. The Balaban J connectivity index is 1.74. The van der Waals surface area contributed by atoms with Gasteiger partial charge in [-0.3, -0.25) is 19.0 Å². The summed E-state index contributed by atoms with van der Waals surface area (Å²) in [4.78, 5) is 48.8. The summed E-state index contributed by atoms with van der Waals surface area (Å²) >= 11 is 0. The molecule has 1 amide bonds. The number of rotatable bonds is 10. The fraction of sp³-hybridized carbons (Fsp3) is 0.231. The van der Waals surface area contributed by atoms with Crippen LogP contribution in [-0.2, 0) is 9.59 Å². The molecule has 36 heavy (non-hydrogen) atoms. The highest BCUT2D eigenvalue weighted by Gasteiger charge is 2.21. The normalized spacial score (nSPS) is 11.7. The fourth-order valence-electron chi connectivity index (χ4n) is 3.54. The van der Waals surface area contributed by atoms with Gasteiger partial charge in [0.25, 0.3) is 11.5 Å². The summed E-state index contributed by atoms with van der Waals surface area (Å²) in [5.74, 6) is -2.36. The second-order valence-corrected chi connectivity index (χ2v) is 8.51. The first-order chi connectivity index (χ1) is 17.1. The molecule has 10 heteroatoms. The van der Waals surface area contributed by atoms with Crippen LogP contribution >= 0.6 is 0 Å². The first-order valence-electron chi connectivity index (χ1n) is 11.1. The van der Waals surface area contributed by atoms with Crippen molar-refractivity contribution >= 4 is 23.5 Å². The van der Waals surface area contributed by atoms with Crippen molar-refractivity contribution in [3.8, 4) is 11.4 Å². The number of nitrogens with two attached hydrogens (primary N) is 1. The van der Waals surface area contributed by atoms with E-state index in [-0.39, 0.29) is 29.3 Å². The SMILES string of the molecule is CC(C)C[C@H](NC(=O)COc1ccc(-n2c(N)c(C(=O)c3ccc(F)cc3)ccc2=O)cc1)C(=O)O. The molecule has 0 fully saturated rings. The number of carboxylic acids is 1. The van der Waals surface area contributed by atoms with Gasteiger partial charge in [0.2, 0.25) is 0 Å². The number of nitrogens with zero attached hydrogens (tertiary/aromatic N) is 1. The third-order valence-corrected chi connectivity index (χ3v) is 5.29. The number of carbonyl (C=O) groups excluding carboxylic acids is 2. The molecule has 0 aliphatic rings. The molecule has 188 valence electrons. The molecule has 2 aromatic carbocycles. The van der Waals surface area contributed by atoms with Crippen molar-refractivity contribution in [2.45, 2.75) is 26.3 Å². The largest absolute Gasteiger partial charge is 0.484 e. The van der Waals surface area contributed by atoms with Gasteiger partial charge in [-0.1, -0.05) is 13.8 Å². The Morgan fingerprint density at radius 2 is 1.67 bits per heavy atom. The molecule has 0 unspecified atom stereocenters. The summed E-state index contributed by atoms with van der Waals surface area (Å²) in [6.07, 6.45) is 0.286. The third-order valence-electron chi connectivity index (χ3n) is 5.29. The number of carboxylic acid groups (broad SMARTS) is 1. The number of pyridine rings is 1. The summed E-state index contributed by atoms with van der Waals surface area (Å²) in [6.45, 7) is 3.31. The van der Waals surface area contributed by atoms with E-state index in [9.17, 15) is 28.7 Å². The Bertz CT molecular complexity index is 1320. The van der Waals surface area contributed by atoms with Crippen molar-refractivity contribution in [2.75, 3.05) is 12.3 Å². The van der Waals surface area contributed by atoms with E-state index in [1.807, 2.05) is 13.8 Å². The van der Waals surface area contributed by atoms with Gasteiger partial charge >= 0.3 is 5.97 Å². The zero-order valence-corrected chi connectivity index (χ0v) is 19.7. The number of halogens is 1.